The first-order valence-corrected chi connectivity index (χ1v) is 9.44. The molecule has 1 aliphatic rings. The lowest BCUT2D eigenvalue weighted by atomic mass is 9.93. The van der Waals surface area contributed by atoms with Crippen LogP contribution in [-0.4, -0.2) is 33.1 Å². The maximum Gasteiger partial charge on any atom is 0.150 e. The molecule has 1 N–H and O–H groups in total. The Bertz CT molecular complexity index is 553. The van der Waals surface area contributed by atoms with E-state index in [0.29, 0.717) is 0 Å². The van der Waals surface area contributed by atoms with Crippen molar-refractivity contribution in [2.75, 3.05) is 13.4 Å². The molecule has 0 amide bonds. The first-order chi connectivity index (χ1) is 9.90. The van der Waals surface area contributed by atoms with E-state index in [0.717, 1.165) is 31.4 Å². The summed E-state index contributed by atoms with van der Waals surface area (Å²) < 4.78 is 28.6. The molecule has 1 fully saturated rings. The van der Waals surface area contributed by atoms with Gasteiger partial charge in [0.2, 0.25) is 0 Å². The van der Waals surface area contributed by atoms with Crippen LogP contribution in [-0.2, 0) is 9.84 Å². The zero-order chi connectivity index (χ0) is 15.5. The van der Waals surface area contributed by atoms with Gasteiger partial charge in [-0.05, 0) is 43.9 Å². The van der Waals surface area contributed by atoms with Crippen molar-refractivity contribution >= 4 is 9.84 Å². The minimum absolute atomic E-state index is 0.188. The second-order valence-electron chi connectivity index (χ2n) is 5.98. The number of hydrogen-bond acceptors (Lipinski definition) is 4. The van der Waals surface area contributed by atoms with Crippen molar-refractivity contribution in [2.24, 2.45) is 0 Å². The van der Waals surface area contributed by atoms with Crippen LogP contribution in [0.4, 0.5) is 0 Å². The number of benzene rings is 1. The lowest BCUT2D eigenvalue weighted by molar-refractivity contribution is 0.346. The molecule has 0 aliphatic heterocycles. The van der Waals surface area contributed by atoms with Gasteiger partial charge in [0.05, 0.1) is 12.4 Å². The van der Waals surface area contributed by atoms with Gasteiger partial charge in [0.15, 0.2) is 0 Å². The molecule has 0 aromatic heterocycles. The summed E-state index contributed by atoms with van der Waals surface area (Å²) >= 11 is 0. The molecule has 2 rings (SSSR count). The fourth-order valence-corrected chi connectivity index (χ4v) is 4.20. The molecule has 1 aromatic carbocycles. The van der Waals surface area contributed by atoms with Crippen LogP contribution in [0, 0.1) is 0 Å². The van der Waals surface area contributed by atoms with E-state index in [-0.39, 0.29) is 17.3 Å². The standard InChI is InChI=1S/C16H25NO3S/c1-12(13-7-9-15(20-2)10-8-13)17-14-5-4-6-16(11-14)21(3,18)19/h7-10,12,14,16-17H,4-6,11H2,1-3H3/t12-,14?,16?/m1/s1. The summed E-state index contributed by atoms with van der Waals surface area (Å²) in [4.78, 5) is 0. The van der Waals surface area contributed by atoms with Gasteiger partial charge in [0.25, 0.3) is 0 Å². The normalized spacial score (nSPS) is 24.5. The summed E-state index contributed by atoms with van der Waals surface area (Å²) in [6, 6.07) is 8.48. The van der Waals surface area contributed by atoms with E-state index in [1.807, 2.05) is 24.3 Å². The number of methoxy groups -OCH3 is 1. The van der Waals surface area contributed by atoms with Gasteiger partial charge in [0, 0.05) is 18.3 Å². The van der Waals surface area contributed by atoms with Crippen molar-refractivity contribution in [3.05, 3.63) is 29.8 Å². The molecule has 3 atom stereocenters. The highest BCUT2D eigenvalue weighted by molar-refractivity contribution is 7.91. The number of hydrogen-bond donors (Lipinski definition) is 1. The van der Waals surface area contributed by atoms with E-state index in [4.69, 9.17) is 4.74 Å². The molecular formula is C16H25NO3S. The molecule has 0 saturated heterocycles. The highest BCUT2D eigenvalue weighted by atomic mass is 32.2. The number of ether oxygens (including phenoxy) is 1. The highest BCUT2D eigenvalue weighted by Gasteiger charge is 2.29. The maximum atomic E-state index is 11.7. The van der Waals surface area contributed by atoms with Gasteiger partial charge in [-0.25, -0.2) is 8.42 Å². The van der Waals surface area contributed by atoms with Crippen molar-refractivity contribution in [3.63, 3.8) is 0 Å². The molecule has 2 unspecified atom stereocenters. The number of nitrogens with one attached hydrogen (secondary N) is 1. The second kappa shape index (κ2) is 6.79. The van der Waals surface area contributed by atoms with Crippen LogP contribution in [0.5, 0.6) is 5.75 Å². The Kier molecular flexibility index (Phi) is 5.27. The van der Waals surface area contributed by atoms with Gasteiger partial charge in [-0.2, -0.15) is 0 Å². The van der Waals surface area contributed by atoms with E-state index in [2.05, 4.69) is 12.2 Å². The quantitative estimate of drug-likeness (QED) is 0.908. The Morgan fingerprint density at radius 3 is 2.48 bits per heavy atom. The minimum atomic E-state index is -2.92. The van der Waals surface area contributed by atoms with Crippen LogP contribution in [0.1, 0.15) is 44.2 Å². The minimum Gasteiger partial charge on any atom is -0.497 e. The van der Waals surface area contributed by atoms with E-state index in [1.54, 1.807) is 7.11 Å². The molecule has 1 aliphatic carbocycles. The largest absolute Gasteiger partial charge is 0.497 e. The van der Waals surface area contributed by atoms with Gasteiger partial charge in [-0.15, -0.1) is 0 Å². The first kappa shape index (κ1) is 16.3. The van der Waals surface area contributed by atoms with Gasteiger partial charge in [-0.1, -0.05) is 18.6 Å². The summed E-state index contributed by atoms with van der Waals surface area (Å²) in [6.45, 7) is 2.12. The van der Waals surface area contributed by atoms with Crippen LogP contribution in [0.2, 0.25) is 0 Å². The number of sulfone groups is 1. The molecule has 0 heterocycles. The molecule has 0 spiro atoms. The van der Waals surface area contributed by atoms with E-state index in [1.165, 1.54) is 11.8 Å². The predicted octanol–water partition coefficient (Wildman–Crippen LogP) is 2.70. The van der Waals surface area contributed by atoms with Gasteiger partial charge in [0.1, 0.15) is 15.6 Å². The summed E-state index contributed by atoms with van der Waals surface area (Å²) in [5.74, 6) is 0.848. The van der Waals surface area contributed by atoms with Gasteiger partial charge < -0.3 is 10.1 Å². The topological polar surface area (TPSA) is 55.4 Å². The lowest BCUT2D eigenvalue weighted by Crippen LogP contribution is -2.39. The Morgan fingerprint density at radius 2 is 1.90 bits per heavy atom. The van der Waals surface area contributed by atoms with Crippen LogP contribution >= 0.6 is 0 Å². The van der Waals surface area contributed by atoms with Crippen molar-refractivity contribution < 1.29 is 13.2 Å². The Labute approximate surface area is 127 Å². The predicted molar refractivity (Wildman–Crippen MR) is 85.4 cm³/mol. The van der Waals surface area contributed by atoms with Crippen LogP contribution < -0.4 is 10.1 Å². The van der Waals surface area contributed by atoms with Crippen molar-refractivity contribution in [1.29, 1.82) is 0 Å². The summed E-state index contributed by atoms with van der Waals surface area (Å²) in [5, 5.41) is 3.38. The zero-order valence-corrected chi connectivity index (χ0v) is 13.8. The number of rotatable bonds is 5. The average Bonchev–Trinajstić information content (AvgIpc) is 2.47. The fourth-order valence-electron chi connectivity index (χ4n) is 3.03. The first-order valence-electron chi connectivity index (χ1n) is 7.49. The van der Waals surface area contributed by atoms with Crippen LogP contribution in [0.15, 0.2) is 24.3 Å². The molecule has 1 saturated carbocycles. The van der Waals surface area contributed by atoms with Gasteiger partial charge >= 0.3 is 0 Å². The lowest BCUT2D eigenvalue weighted by Gasteiger charge is -2.31. The SMILES string of the molecule is COc1ccc([C@@H](C)NC2CCCC(S(C)(=O)=O)C2)cc1. The molecule has 0 radical (unpaired) electrons. The Balaban J connectivity index is 1.96. The summed E-state index contributed by atoms with van der Waals surface area (Å²) in [5.41, 5.74) is 1.19. The second-order valence-corrected chi connectivity index (χ2v) is 8.30. The third-order valence-corrected chi connectivity index (χ3v) is 5.97. The fraction of sp³-hybridized carbons (Fsp3) is 0.625. The summed E-state index contributed by atoms with van der Waals surface area (Å²) in [7, 11) is -1.27. The Hall–Kier alpha value is -1.07. The molecule has 5 heteroatoms. The molecule has 0 bridgehead atoms. The van der Waals surface area contributed by atoms with Gasteiger partial charge in [-0.3, -0.25) is 0 Å². The van der Waals surface area contributed by atoms with Crippen molar-refractivity contribution in [2.45, 2.75) is 49.9 Å². The third-order valence-electron chi connectivity index (χ3n) is 4.33. The molecule has 1 aromatic rings. The zero-order valence-electron chi connectivity index (χ0n) is 13.0. The van der Waals surface area contributed by atoms with E-state index in [9.17, 15) is 8.42 Å². The molecular weight excluding hydrogens is 286 g/mol. The van der Waals surface area contributed by atoms with Crippen LogP contribution in [0.25, 0.3) is 0 Å². The molecule has 118 valence electrons. The van der Waals surface area contributed by atoms with Crippen LogP contribution in [0.3, 0.4) is 0 Å². The van der Waals surface area contributed by atoms with E-state index < -0.39 is 9.84 Å². The highest BCUT2D eigenvalue weighted by Crippen LogP contribution is 2.26. The maximum absolute atomic E-state index is 11.7. The summed E-state index contributed by atoms with van der Waals surface area (Å²) in [6.07, 6.45) is 4.90. The third kappa shape index (κ3) is 4.45. The van der Waals surface area contributed by atoms with E-state index >= 15 is 0 Å². The molecule has 4 nitrogen and oxygen atoms in total. The van der Waals surface area contributed by atoms with Crippen molar-refractivity contribution in [1.82, 2.24) is 5.32 Å². The average molecular weight is 311 g/mol. The monoisotopic (exact) mass is 311 g/mol. The molecule has 21 heavy (non-hydrogen) atoms. The smallest absolute Gasteiger partial charge is 0.150 e. The van der Waals surface area contributed by atoms with Crippen molar-refractivity contribution in [3.8, 4) is 5.75 Å². The Morgan fingerprint density at radius 1 is 1.24 bits per heavy atom.